The lowest BCUT2D eigenvalue weighted by Crippen LogP contribution is -2.40. The molecule has 1 aliphatic carbocycles. The molecule has 2 atom stereocenters. The monoisotopic (exact) mass is 527 g/mol. The van der Waals surface area contributed by atoms with E-state index in [1.807, 2.05) is 25.1 Å². The van der Waals surface area contributed by atoms with Crippen molar-refractivity contribution in [3.63, 3.8) is 0 Å². The highest BCUT2D eigenvalue weighted by Gasteiger charge is 2.27. The van der Waals surface area contributed by atoms with E-state index in [0.29, 0.717) is 18.3 Å². The van der Waals surface area contributed by atoms with Crippen LogP contribution in [-0.4, -0.2) is 59.7 Å². The maximum atomic E-state index is 12.8. The Labute approximate surface area is 220 Å². The van der Waals surface area contributed by atoms with E-state index >= 15 is 0 Å². The number of guanidine groups is 1. The molecule has 0 unspecified atom stereocenters. The molecule has 4 N–H and O–H groups in total. The highest BCUT2D eigenvalue weighted by molar-refractivity contribution is 5.96. The highest BCUT2D eigenvalue weighted by Crippen LogP contribution is 2.28. The van der Waals surface area contributed by atoms with Gasteiger partial charge in [0.05, 0.1) is 24.7 Å². The van der Waals surface area contributed by atoms with Gasteiger partial charge in [0.2, 0.25) is 11.8 Å². The molecule has 2 aromatic rings. The number of nitrogens with zero attached hydrogens (tertiary/aromatic N) is 4. The molecule has 0 spiro atoms. The topological polar surface area (TPSA) is 118 Å². The minimum atomic E-state index is -0.278. The second-order valence-corrected chi connectivity index (χ2v) is 9.93. The van der Waals surface area contributed by atoms with Crippen molar-refractivity contribution in [2.45, 2.75) is 65.5 Å². The van der Waals surface area contributed by atoms with Crippen molar-refractivity contribution < 1.29 is 9.63 Å². The molecule has 0 aliphatic heterocycles. The third-order valence-corrected chi connectivity index (χ3v) is 5.78. The van der Waals surface area contributed by atoms with Gasteiger partial charge in [-0.3, -0.25) is 9.63 Å². The Bertz CT molecular complexity index is 1030. The number of aryl methyl sites for hydroxylation is 1. The van der Waals surface area contributed by atoms with E-state index in [9.17, 15) is 4.79 Å². The molecule has 1 aliphatic rings. The number of nitrogens with one attached hydrogen (secondary N) is 2. The smallest absolute Gasteiger partial charge is 0.289 e. The number of benzene rings is 1. The zero-order chi connectivity index (χ0) is 24.2. The molecule has 0 saturated heterocycles. The summed E-state index contributed by atoms with van der Waals surface area (Å²) in [6.45, 7) is 8.78. The van der Waals surface area contributed by atoms with Crippen LogP contribution in [0.1, 0.15) is 62.6 Å². The molecular weight excluding hydrogens is 489 g/mol. The average molecular weight is 529 g/mol. The Morgan fingerprint density at radius 3 is 2.57 bits per heavy atom. The number of aliphatic imine (C=N–C) groups is 1. The van der Waals surface area contributed by atoms with E-state index in [2.05, 4.69) is 41.4 Å². The molecule has 9 nitrogen and oxygen atoms in total. The Kier molecular flexibility index (Phi) is 11.5. The van der Waals surface area contributed by atoms with Crippen molar-refractivity contribution in [2.75, 3.05) is 26.0 Å². The van der Waals surface area contributed by atoms with Gasteiger partial charge in [-0.25, -0.2) is 20.0 Å². The lowest BCUT2D eigenvalue weighted by Gasteiger charge is -2.31. The van der Waals surface area contributed by atoms with E-state index in [4.69, 9.17) is 15.6 Å². The van der Waals surface area contributed by atoms with Crippen LogP contribution in [0.25, 0.3) is 10.9 Å². The van der Waals surface area contributed by atoms with Crippen molar-refractivity contribution in [2.24, 2.45) is 16.1 Å². The number of carbonyl (C=O) groups is 1. The Hall–Kier alpha value is -2.36. The number of rotatable bonds is 6. The summed E-state index contributed by atoms with van der Waals surface area (Å²) >= 11 is 0. The standard InChI is InChI=1S/C24H37N7O2.2ClH/c1-15-11-12-17-16(13-15)20(30-21(27-17)22(32)26-14-24(2,3)4)28-18-9-7-8-10-19(18)29-23(25)31(5)33-6;;/h11-13,18-19H,7-10,14H2,1-6H3,(H2,25,29)(H,26,32)(H,27,28,30);2*1H/t18-,19+;;/m0../s1. The van der Waals surface area contributed by atoms with Crippen LogP contribution in [0.15, 0.2) is 23.2 Å². The van der Waals surface area contributed by atoms with Crippen molar-refractivity contribution in [3.05, 3.63) is 29.6 Å². The number of aromatic nitrogens is 2. The van der Waals surface area contributed by atoms with Crippen LogP contribution in [0.4, 0.5) is 5.82 Å². The molecule has 1 heterocycles. The number of hydrogen-bond acceptors (Lipinski definition) is 6. The third-order valence-electron chi connectivity index (χ3n) is 5.78. The lowest BCUT2D eigenvalue weighted by molar-refractivity contribution is -0.0435. The van der Waals surface area contributed by atoms with E-state index in [0.717, 1.165) is 42.1 Å². The summed E-state index contributed by atoms with van der Waals surface area (Å²) < 4.78 is 0. The van der Waals surface area contributed by atoms with E-state index in [1.54, 1.807) is 14.2 Å². The molecular formula is C24H39Cl2N7O2. The van der Waals surface area contributed by atoms with E-state index in [-0.39, 0.29) is 54.0 Å². The molecule has 1 amide bonds. The molecule has 196 valence electrons. The molecule has 1 aromatic heterocycles. The molecule has 1 fully saturated rings. The highest BCUT2D eigenvalue weighted by atomic mass is 35.5. The van der Waals surface area contributed by atoms with Gasteiger partial charge in [0.15, 0.2) is 0 Å². The van der Waals surface area contributed by atoms with Crippen LogP contribution < -0.4 is 16.4 Å². The summed E-state index contributed by atoms with van der Waals surface area (Å²) in [6.07, 6.45) is 4.02. The Morgan fingerprint density at radius 2 is 1.91 bits per heavy atom. The third kappa shape index (κ3) is 8.37. The summed E-state index contributed by atoms with van der Waals surface area (Å²) in [5.74, 6) is 0.865. The maximum absolute atomic E-state index is 12.8. The van der Waals surface area contributed by atoms with Gasteiger partial charge >= 0.3 is 0 Å². The number of nitrogens with two attached hydrogens (primary N) is 1. The number of hydroxylamine groups is 2. The Balaban J connectivity index is 0.00000306. The average Bonchev–Trinajstić information content (AvgIpc) is 2.77. The normalized spacial score (nSPS) is 18.3. The van der Waals surface area contributed by atoms with Crippen LogP contribution in [0, 0.1) is 12.3 Å². The minimum Gasteiger partial charge on any atom is -0.368 e. The molecule has 1 aromatic carbocycles. The van der Waals surface area contributed by atoms with E-state index < -0.39 is 0 Å². The van der Waals surface area contributed by atoms with Crippen LogP contribution in [-0.2, 0) is 4.84 Å². The van der Waals surface area contributed by atoms with Gasteiger partial charge in [-0.15, -0.1) is 24.8 Å². The minimum absolute atomic E-state index is 0. The number of amides is 1. The first kappa shape index (κ1) is 30.7. The van der Waals surface area contributed by atoms with Crippen molar-refractivity contribution in [1.29, 1.82) is 0 Å². The number of carbonyl (C=O) groups excluding carboxylic acids is 1. The first-order chi connectivity index (χ1) is 15.6. The quantitative estimate of drug-likeness (QED) is 0.294. The summed E-state index contributed by atoms with van der Waals surface area (Å²) in [6, 6.07) is 5.98. The van der Waals surface area contributed by atoms with Crippen LogP contribution >= 0.6 is 24.8 Å². The van der Waals surface area contributed by atoms with Gasteiger partial charge in [-0.05, 0) is 37.3 Å². The van der Waals surface area contributed by atoms with Crippen molar-refractivity contribution in [3.8, 4) is 0 Å². The first-order valence-electron chi connectivity index (χ1n) is 11.5. The van der Waals surface area contributed by atoms with Crippen LogP contribution in [0.2, 0.25) is 0 Å². The number of anilines is 1. The zero-order valence-corrected chi connectivity index (χ0v) is 23.1. The zero-order valence-electron chi connectivity index (χ0n) is 21.4. The number of halogens is 2. The molecule has 11 heteroatoms. The van der Waals surface area contributed by atoms with Gasteiger partial charge in [-0.2, -0.15) is 0 Å². The molecule has 3 rings (SSSR count). The number of hydrogen-bond donors (Lipinski definition) is 3. The fraction of sp³-hybridized carbons (Fsp3) is 0.583. The van der Waals surface area contributed by atoms with Gasteiger partial charge in [-0.1, -0.05) is 45.2 Å². The predicted octanol–water partition coefficient (Wildman–Crippen LogP) is 4.09. The fourth-order valence-corrected chi connectivity index (χ4v) is 3.83. The van der Waals surface area contributed by atoms with Crippen LogP contribution in [0.3, 0.4) is 0 Å². The lowest BCUT2D eigenvalue weighted by atomic mass is 9.90. The summed E-state index contributed by atoms with van der Waals surface area (Å²) in [5, 5.41) is 8.87. The van der Waals surface area contributed by atoms with Gasteiger partial charge in [0, 0.05) is 19.0 Å². The molecule has 1 saturated carbocycles. The van der Waals surface area contributed by atoms with Gasteiger partial charge in [0.1, 0.15) is 5.82 Å². The first-order valence-corrected chi connectivity index (χ1v) is 11.5. The maximum Gasteiger partial charge on any atom is 0.289 e. The Morgan fingerprint density at radius 1 is 1.23 bits per heavy atom. The molecule has 35 heavy (non-hydrogen) atoms. The van der Waals surface area contributed by atoms with Gasteiger partial charge in [0.25, 0.3) is 5.91 Å². The fourth-order valence-electron chi connectivity index (χ4n) is 3.83. The largest absolute Gasteiger partial charge is 0.368 e. The molecule has 0 radical (unpaired) electrons. The second kappa shape index (κ2) is 13.1. The predicted molar refractivity (Wildman–Crippen MR) is 147 cm³/mol. The summed E-state index contributed by atoms with van der Waals surface area (Å²) in [7, 11) is 3.29. The van der Waals surface area contributed by atoms with Crippen molar-refractivity contribution >= 4 is 53.4 Å². The van der Waals surface area contributed by atoms with Crippen LogP contribution in [0.5, 0.6) is 0 Å². The summed E-state index contributed by atoms with van der Waals surface area (Å²) in [5.41, 5.74) is 7.90. The second-order valence-electron chi connectivity index (χ2n) is 9.93. The van der Waals surface area contributed by atoms with Gasteiger partial charge < -0.3 is 16.4 Å². The molecule has 0 bridgehead atoms. The van der Waals surface area contributed by atoms with Crippen molar-refractivity contribution in [1.82, 2.24) is 20.3 Å². The van der Waals surface area contributed by atoms with E-state index in [1.165, 1.54) is 5.06 Å². The SMILES string of the molecule is CON(C)C(N)=N[C@@H]1CCCC[C@@H]1Nc1nc(C(=O)NCC(C)(C)C)nc2ccc(C)cc12.Cl.Cl. The summed E-state index contributed by atoms with van der Waals surface area (Å²) in [4.78, 5) is 31.9. The number of fused-ring (bicyclic) bond motifs is 1.